The standard InChI is InChI=1S/C21H23N5O2/c1-21(2,3)15-6-8-16(9-7-15)24-18-11-17(14-5-4-10-22-12-14)25-20(26-18)23-13-19(27)28/h4-12H,13H2,1-3H3,(H,27,28)(H2,23,24,25,26). The number of hydrogen-bond donors (Lipinski definition) is 3. The molecule has 0 aliphatic carbocycles. The molecule has 0 bridgehead atoms. The molecular weight excluding hydrogens is 354 g/mol. The van der Waals surface area contributed by atoms with Crippen LogP contribution in [0.1, 0.15) is 26.3 Å². The third-order valence-corrected chi connectivity index (χ3v) is 4.10. The highest BCUT2D eigenvalue weighted by Gasteiger charge is 2.13. The van der Waals surface area contributed by atoms with Crippen LogP contribution in [-0.4, -0.2) is 32.6 Å². The van der Waals surface area contributed by atoms with Crippen LogP contribution in [0.2, 0.25) is 0 Å². The fourth-order valence-corrected chi connectivity index (χ4v) is 2.61. The third kappa shape index (κ3) is 5.03. The number of aromatic nitrogens is 3. The summed E-state index contributed by atoms with van der Waals surface area (Å²) in [6.07, 6.45) is 3.38. The maximum absolute atomic E-state index is 10.9. The van der Waals surface area contributed by atoms with Gasteiger partial charge in [0, 0.05) is 29.7 Å². The minimum absolute atomic E-state index is 0.0782. The first-order valence-corrected chi connectivity index (χ1v) is 8.94. The number of anilines is 3. The first-order valence-electron chi connectivity index (χ1n) is 8.94. The van der Waals surface area contributed by atoms with E-state index in [0.717, 1.165) is 11.3 Å². The molecular formula is C21H23N5O2. The second-order valence-corrected chi connectivity index (χ2v) is 7.40. The fourth-order valence-electron chi connectivity index (χ4n) is 2.61. The molecule has 3 rings (SSSR count). The van der Waals surface area contributed by atoms with Gasteiger partial charge in [-0.1, -0.05) is 32.9 Å². The molecule has 0 fully saturated rings. The van der Waals surface area contributed by atoms with Gasteiger partial charge in [-0.25, -0.2) is 4.98 Å². The minimum Gasteiger partial charge on any atom is -0.480 e. The van der Waals surface area contributed by atoms with Crippen LogP contribution in [0.15, 0.2) is 54.9 Å². The summed E-state index contributed by atoms with van der Waals surface area (Å²) in [6.45, 7) is 6.23. The van der Waals surface area contributed by atoms with Crippen molar-refractivity contribution in [2.45, 2.75) is 26.2 Å². The van der Waals surface area contributed by atoms with Crippen molar-refractivity contribution in [3.05, 3.63) is 60.4 Å². The van der Waals surface area contributed by atoms with Crippen molar-refractivity contribution in [2.75, 3.05) is 17.2 Å². The van der Waals surface area contributed by atoms with E-state index >= 15 is 0 Å². The molecule has 1 aromatic carbocycles. The molecule has 0 unspecified atom stereocenters. The zero-order chi connectivity index (χ0) is 20.1. The molecule has 2 aromatic heterocycles. The molecule has 0 aliphatic heterocycles. The minimum atomic E-state index is -0.984. The lowest BCUT2D eigenvalue weighted by atomic mass is 9.87. The van der Waals surface area contributed by atoms with Crippen LogP contribution >= 0.6 is 0 Å². The van der Waals surface area contributed by atoms with Crippen LogP contribution in [0.25, 0.3) is 11.3 Å². The Bertz CT molecular complexity index is 951. The van der Waals surface area contributed by atoms with E-state index in [-0.39, 0.29) is 17.9 Å². The average molecular weight is 377 g/mol. The van der Waals surface area contributed by atoms with E-state index in [1.54, 1.807) is 18.5 Å². The molecule has 7 heteroatoms. The first-order chi connectivity index (χ1) is 13.3. The van der Waals surface area contributed by atoms with E-state index < -0.39 is 5.97 Å². The number of carbonyl (C=O) groups is 1. The van der Waals surface area contributed by atoms with Gasteiger partial charge in [-0.15, -0.1) is 0 Å². The van der Waals surface area contributed by atoms with Crippen LogP contribution in [0.3, 0.4) is 0 Å². The summed E-state index contributed by atoms with van der Waals surface area (Å²) in [5.74, 6) is -0.189. The monoisotopic (exact) mass is 377 g/mol. The molecule has 144 valence electrons. The average Bonchev–Trinajstić information content (AvgIpc) is 2.67. The number of carboxylic acids is 1. The number of rotatable bonds is 6. The lowest BCUT2D eigenvalue weighted by Gasteiger charge is -2.19. The molecule has 0 spiro atoms. The van der Waals surface area contributed by atoms with Crippen molar-refractivity contribution in [1.29, 1.82) is 0 Å². The highest BCUT2D eigenvalue weighted by atomic mass is 16.4. The largest absolute Gasteiger partial charge is 0.480 e. The second kappa shape index (κ2) is 8.04. The van der Waals surface area contributed by atoms with E-state index in [0.29, 0.717) is 11.5 Å². The normalized spacial score (nSPS) is 11.1. The van der Waals surface area contributed by atoms with Crippen molar-refractivity contribution in [1.82, 2.24) is 15.0 Å². The van der Waals surface area contributed by atoms with Gasteiger partial charge in [-0.3, -0.25) is 9.78 Å². The van der Waals surface area contributed by atoms with Crippen LogP contribution in [-0.2, 0) is 10.2 Å². The summed E-state index contributed by atoms with van der Waals surface area (Å²) in [6, 6.07) is 13.7. The molecule has 7 nitrogen and oxygen atoms in total. The van der Waals surface area contributed by atoms with Gasteiger partial charge in [0.2, 0.25) is 5.95 Å². The SMILES string of the molecule is CC(C)(C)c1ccc(Nc2cc(-c3cccnc3)nc(NCC(=O)O)n2)cc1. The van der Waals surface area contributed by atoms with Crippen molar-refractivity contribution in [2.24, 2.45) is 0 Å². The lowest BCUT2D eigenvalue weighted by molar-refractivity contribution is -0.134. The molecule has 0 amide bonds. The van der Waals surface area contributed by atoms with Crippen molar-refractivity contribution >= 4 is 23.4 Å². The van der Waals surface area contributed by atoms with Gasteiger partial charge in [-0.2, -0.15) is 4.98 Å². The van der Waals surface area contributed by atoms with E-state index in [1.807, 2.05) is 24.3 Å². The summed E-state index contributed by atoms with van der Waals surface area (Å²) in [5, 5.41) is 14.9. The highest BCUT2D eigenvalue weighted by Crippen LogP contribution is 2.26. The van der Waals surface area contributed by atoms with Crippen LogP contribution in [0.4, 0.5) is 17.5 Å². The molecule has 0 aliphatic rings. The van der Waals surface area contributed by atoms with Crippen molar-refractivity contribution < 1.29 is 9.90 Å². The molecule has 3 N–H and O–H groups in total. The summed E-state index contributed by atoms with van der Waals surface area (Å²) < 4.78 is 0. The Morgan fingerprint density at radius 2 is 1.86 bits per heavy atom. The van der Waals surface area contributed by atoms with E-state index in [2.05, 4.69) is 58.5 Å². The molecule has 0 saturated heterocycles. The Morgan fingerprint density at radius 1 is 1.11 bits per heavy atom. The summed E-state index contributed by atoms with van der Waals surface area (Å²) >= 11 is 0. The number of benzene rings is 1. The molecule has 0 radical (unpaired) electrons. The molecule has 3 aromatic rings. The highest BCUT2D eigenvalue weighted by molar-refractivity contribution is 5.73. The molecule has 0 saturated carbocycles. The van der Waals surface area contributed by atoms with Crippen molar-refractivity contribution in [3.8, 4) is 11.3 Å². The summed E-state index contributed by atoms with van der Waals surface area (Å²) in [5.41, 5.74) is 3.65. The smallest absolute Gasteiger partial charge is 0.322 e. The number of pyridine rings is 1. The predicted octanol–water partition coefficient (Wildman–Crippen LogP) is 4.08. The maximum Gasteiger partial charge on any atom is 0.322 e. The topological polar surface area (TPSA) is 100 Å². The Labute approximate surface area is 163 Å². The fraction of sp³-hybridized carbons (Fsp3) is 0.238. The Kier molecular flexibility index (Phi) is 5.54. The van der Waals surface area contributed by atoms with E-state index in [4.69, 9.17) is 5.11 Å². The van der Waals surface area contributed by atoms with Gasteiger partial charge in [-0.05, 0) is 35.2 Å². The Balaban J connectivity index is 1.90. The summed E-state index contributed by atoms with van der Waals surface area (Å²) in [4.78, 5) is 23.8. The molecule has 2 heterocycles. The van der Waals surface area contributed by atoms with E-state index in [9.17, 15) is 4.79 Å². The van der Waals surface area contributed by atoms with Gasteiger partial charge in [0.1, 0.15) is 12.4 Å². The van der Waals surface area contributed by atoms with E-state index in [1.165, 1.54) is 5.56 Å². The zero-order valence-electron chi connectivity index (χ0n) is 16.1. The predicted molar refractivity (Wildman–Crippen MR) is 110 cm³/mol. The second-order valence-electron chi connectivity index (χ2n) is 7.40. The number of hydrogen-bond acceptors (Lipinski definition) is 6. The Morgan fingerprint density at radius 3 is 2.46 bits per heavy atom. The number of nitrogens with zero attached hydrogens (tertiary/aromatic N) is 3. The van der Waals surface area contributed by atoms with Gasteiger partial charge >= 0.3 is 5.97 Å². The van der Waals surface area contributed by atoms with Crippen LogP contribution < -0.4 is 10.6 Å². The first kappa shape index (κ1) is 19.3. The van der Waals surface area contributed by atoms with Gasteiger partial charge in [0.05, 0.1) is 5.69 Å². The number of nitrogens with one attached hydrogen (secondary N) is 2. The maximum atomic E-state index is 10.9. The lowest BCUT2D eigenvalue weighted by Crippen LogP contribution is -2.15. The van der Waals surface area contributed by atoms with Crippen LogP contribution in [0.5, 0.6) is 0 Å². The third-order valence-electron chi connectivity index (χ3n) is 4.10. The molecule has 0 atom stereocenters. The van der Waals surface area contributed by atoms with Gasteiger partial charge in [0.25, 0.3) is 0 Å². The van der Waals surface area contributed by atoms with Gasteiger partial charge < -0.3 is 15.7 Å². The number of aliphatic carboxylic acids is 1. The van der Waals surface area contributed by atoms with Gasteiger partial charge in [0.15, 0.2) is 0 Å². The Hall–Kier alpha value is -3.48. The quantitative estimate of drug-likeness (QED) is 0.595. The van der Waals surface area contributed by atoms with Crippen molar-refractivity contribution in [3.63, 3.8) is 0 Å². The van der Waals surface area contributed by atoms with Crippen LogP contribution in [0, 0.1) is 0 Å². The summed E-state index contributed by atoms with van der Waals surface area (Å²) in [7, 11) is 0. The zero-order valence-corrected chi connectivity index (χ0v) is 16.1. The molecule has 28 heavy (non-hydrogen) atoms. The number of carboxylic acid groups (broad SMARTS) is 1.